The third kappa shape index (κ3) is 1.66. The molecule has 1 aromatic heterocycles. The molecule has 3 heterocycles. The summed E-state index contributed by atoms with van der Waals surface area (Å²) in [5.41, 5.74) is 0.873. The van der Waals surface area contributed by atoms with E-state index in [1.807, 2.05) is 17.0 Å². The van der Waals surface area contributed by atoms with Gasteiger partial charge in [-0.3, -0.25) is 19.6 Å². The first-order valence-corrected chi connectivity index (χ1v) is 5.40. The molecule has 0 saturated carbocycles. The Bertz CT molecular complexity index is 456. The molecule has 0 radical (unpaired) electrons. The summed E-state index contributed by atoms with van der Waals surface area (Å²) in [4.78, 5) is 11.2. The first kappa shape index (κ1) is 9.68. The van der Waals surface area contributed by atoms with E-state index in [9.17, 15) is 4.79 Å². The van der Waals surface area contributed by atoms with Gasteiger partial charge in [0, 0.05) is 25.4 Å². The summed E-state index contributed by atoms with van der Waals surface area (Å²) in [7, 11) is 0. The van der Waals surface area contributed by atoms with Gasteiger partial charge in [0.1, 0.15) is 6.67 Å². The Hall–Kier alpha value is -1.53. The van der Waals surface area contributed by atoms with E-state index < -0.39 is 0 Å². The van der Waals surface area contributed by atoms with Crippen molar-refractivity contribution in [3.63, 3.8) is 0 Å². The van der Waals surface area contributed by atoms with Gasteiger partial charge in [0.15, 0.2) is 0 Å². The van der Waals surface area contributed by atoms with Crippen LogP contribution in [0.2, 0.25) is 0 Å². The van der Waals surface area contributed by atoms with Gasteiger partial charge in [0.2, 0.25) is 0 Å². The summed E-state index contributed by atoms with van der Waals surface area (Å²) in [5.74, 6) is 0. The zero-order valence-electron chi connectivity index (χ0n) is 8.93. The molecule has 1 aromatic rings. The van der Waals surface area contributed by atoms with E-state index in [1.165, 1.54) is 0 Å². The van der Waals surface area contributed by atoms with Gasteiger partial charge in [-0.1, -0.05) is 0 Å². The minimum atomic E-state index is -0.0523. The number of ether oxygens (including phenoxy) is 1. The highest BCUT2D eigenvalue weighted by Gasteiger charge is 2.19. The van der Waals surface area contributed by atoms with Crippen LogP contribution in [0.3, 0.4) is 0 Å². The van der Waals surface area contributed by atoms with E-state index in [2.05, 4.69) is 15.1 Å². The number of aromatic nitrogens is 2. The summed E-state index contributed by atoms with van der Waals surface area (Å²) in [5, 5.41) is 7.10. The second-order valence-corrected chi connectivity index (χ2v) is 3.94. The van der Waals surface area contributed by atoms with Crippen LogP contribution in [-0.4, -0.2) is 46.1 Å². The van der Waals surface area contributed by atoms with Crippen LogP contribution in [0.5, 0.6) is 0 Å². The van der Waals surface area contributed by atoms with Crippen LogP contribution >= 0.6 is 0 Å². The lowest BCUT2D eigenvalue weighted by atomic mass is 10.4. The second-order valence-electron chi connectivity index (χ2n) is 3.94. The molecule has 6 nitrogen and oxygen atoms in total. The van der Waals surface area contributed by atoms with Crippen molar-refractivity contribution in [2.24, 2.45) is 0 Å². The fourth-order valence-corrected chi connectivity index (χ4v) is 2.05. The zero-order valence-corrected chi connectivity index (χ0v) is 8.93. The van der Waals surface area contributed by atoms with E-state index >= 15 is 0 Å². The highest BCUT2D eigenvalue weighted by molar-refractivity contribution is 5.44. The minimum absolute atomic E-state index is 0.0523. The van der Waals surface area contributed by atoms with Crippen molar-refractivity contribution in [1.82, 2.24) is 19.8 Å². The standard InChI is InChI=1S/C10H14N4O2/c15-10-7-9-1-2-13(8-14(9)11-10)12-3-5-16-6-4-12/h1-2,7H,3-6,8H2,(H,11,15). The van der Waals surface area contributed by atoms with Crippen LogP contribution in [-0.2, 0) is 11.4 Å². The molecule has 6 heteroatoms. The normalized spacial score (nSPS) is 21.1. The first-order valence-electron chi connectivity index (χ1n) is 5.40. The van der Waals surface area contributed by atoms with Gasteiger partial charge < -0.3 is 4.74 Å². The number of nitrogens with one attached hydrogen (secondary N) is 1. The lowest BCUT2D eigenvalue weighted by molar-refractivity contribution is -0.0798. The number of fused-ring (bicyclic) bond motifs is 1. The quantitative estimate of drug-likeness (QED) is 0.706. The molecule has 0 unspecified atom stereocenters. The Morgan fingerprint density at radius 3 is 2.94 bits per heavy atom. The summed E-state index contributed by atoms with van der Waals surface area (Å²) < 4.78 is 7.15. The fourth-order valence-electron chi connectivity index (χ4n) is 2.05. The first-order chi connectivity index (χ1) is 7.83. The topological polar surface area (TPSA) is 53.5 Å². The van der Waals surface area contributed by atoms with Crippen LogP contribution in [0.1, 0.15) is 5.69 Å². The highest BCUT2D eigenvalue weighted by Crippen LogP contribution is 2.13. The van der Waals surface area contributed by atoms with E-state index in [4.69, 9.17) is 4.74 Å². The molecule has 0 aromatic carbocycles. The van der Waals surface area contributed by atoms with Crippen LogP contribution in [0.25, 0.3) is 6.08 Å². The maximum Gasteiger partial charge on any atom is 0.264 e. The largest absolute Gasteiger partial charge is 0.379 e. The van der Waals surface area contributed by atoms with Crippen molar-refractivity contribution >= 4 is 6.08 Å². The van der Waals surface area contributed by atoms with Crippen molar-refractivity contribution in [2.75, 3.05) is 26.3 Å². The van der Waals surface area contributed by atoms with E-state index in [1.54, 1.807) is 6.07 Å². The van der Waals surface area contributed by atoms with Gasteiger partial charge in [-0.05, 0) is 6.08 Å². The van der Waals surface area contributed by atoms with Gasteiger partial charge in [-0.2, -0.15) is 0 Å². The Morgan fingerprint density at radius 1 is 1.31 bits per heavy atom. The molecule has 86 valence electrons. The fraction of sp³-hybridized carbons (Fsp3) is 0.500. The Kier molecular flexibility index (Phi) is 2.30. The number of hydrogen-bond donors (Lipinski definition) is 1. The number of hydrogen-bond acceptors (Lipinski definition) is 4. The summed E-state index contributed by atoms with van der Waals surface area (Å²) >= 11 is 0. The Labute approximate surface area is 92.7 Å². The molecular weight excluding hydrogens is 208 g/mol. The smallest absolute Gasteiger partial charge is 0.264 e. The maximum absolute atomic E-state index is 11.2. The van der Waals surface area contributed by atoms with Crippen molar-refractivity contribution < 1.29 is 4.74 Å². The van der Waals surface area contributed by atoms with Crippen molar-refractivity contribution in [3.8, 4) is 0 Å². The summed E-state index contributed by atoms with van der Waals surface area (Å²) in [6.07, 6.45) is 3.95. The molecule has 0 aliphatic carbocycles. The molecule has 0 atom stereocenters. The molecule has 1 saturated heterocycles. The van der Waals surface area contributed by atoms with Crippen molar-refractivity contribution in [3.05, 3.63) is 28.3 Å². The lowest BCUT2D eigenvalue weighted by Gasteiger charge is -2.38. The van der Waals surface area contributed by atoms with Crippen molar-refractivity contribution in [1.29, 1.82) is 0 Å². The molecule has 1 N–H and O–H groups in total. The van der Waals surface area contributed by atoms with Crippen LogP contribution in [0.15, 0.2) is 17.1 Å². The summed E-state index contributed by atoms with van der Waals surface area (Å²) in [6.45, 7) is 3.98. The molecule has 0 amide bonds. The van der Waals surface area contributed by atoms with Crippen molar-refractivity contribution in [2.45, 2.75) is 6.67 Å². The third-order valence-electron chi connectivity index (χ3n) is 2.89. The SMILES string of the molecule is O=c1cc2n([nH]1)CN(N1CCOCC1)C=C2. The number of H-pyrrole nitrogens is 1. The Balaban J connectivity index is 1.78. The van der Waals surface area contributed by atoms with Gasteiger partial charge in [0.25, 0.3) is 5.56 Å². The Morgan fingerprint density at radius 2 is 2.12 bits per heavy atom. The maximum atomic E-state index is 11.2. The average molecular weight is 222 g/mol. The number of morpholine rings is 1. The van der Waals surface area contributed by atoms with Gasteiger partial charge >= 0.3 is 0 Å². The predicted octanol–water partition coefficient (Wildman–Crippen LogP) is -0.333. The average Bonchev–Trinajstić information content (AvgIpc) is 2.69. The second kappa shape index (κ2) is 3.80. The number of rotatable bonds is 1. The number of nitrogens with zero attached hydrogens (tertiary/aromatic N) is 3. The number of aromatic amines is 1. The van der Waals surface area contributed by atoms with Gasteiger partial charge in [-0.15, -0.1) is 0 Å². The monoisotopic (exact) mass is 222 g/mol. The van der Waals surface area contributed by atoms with E-state index in [-0.39, 0.29) is 5.56 Å². The molecule has 1 fully saturated rings. The molecule has 16 heavy (non-hydrogen) atoms. The molecule has 2 aliphatic heterocycles. The molecule has 3 rings (SSSR count). The van der Waals surface area contributed by atoms with E-state index in [0.717, 1.165) is 32.0 Å². The van der Waals surface area contributed by atoms with Crippen LogP contribution in [0, 0.1) is 0 Å². The third-order valence-corrected chi connectivity index (χ3v) is 2.89. The molecule has 0 spiro atoms. The minimum Gasteiger partial charge on any atom is -0.379 e. The zero-order chi connectivity index (χ0) is 11.0. The predicted molar refractivity (Wildman–Crippen MR) is 58.3 cm³/mol. The number of hydrazine groups is 1. The van der Waals surface area contributed by atoms with E-state index in [0.29, 0.717) is 6.67 Å². The molecular formula is C10H14N4O2. The molecule has 0 bridgehead atoms. The summed E-state index contributed by atoms with van der Waals surface area (Å²) in [6, 6.07) is 1.60. The van der Waals surface area contributed by atoms with Gasteiger partial charge in [0.05, 0.1) is 18.9 Å². The molecule has 2 aliphatic rings. The lowest BCUT2D eigenvalue weighted by Crippen LogP contribution is -2.47. The highest BCUT2D eigenvalue weighted by atomic mass is 16.5. The van der Waals surface area contributed by atoms with Gasteiger partial charge in [-0.25, -0.2) is 5.01 Å². The van der Waals surface area contributed by atoms with Crippen LogP contribution < -0.4 is 5.56 Å². The van der Waals surface area contributed by atoms with Crippen LogP contribution in [0.4, 0.5) is 0 Å².